The molecule has 0 unspecified atom stereocenters. The van der Waals surface area contributed by atoms with E-state index in [2.05, 4.69) is 51.6 Å². The molecule has 0 spiro atoms. The van der Waals surface area contributed by atoms with E-state index in [1.165, 1.54) is 48.1 Å². The third-order valence-electron chi connectivity index (χ3n) is 4.42. The largest absolute Gasteiger partial charge is 0.246 e. The summed E-state index contributed by atoms with van der Waals surface area (Å²) in [5, 5.41) is 1.13. The van der Waals surface area contributed by atoms with Gasteiger partial charge in [-0.3, -0.25) is 0 Å². The second kappa shape index (κ2) is 9.12. The van der Waals surface area contributed by atoms with Crippen molar-refractivity contribution in [2.24, 2.45) is 0 Å². The van der Waals surface area contributed by atoms with Gasteiger partial charge in [-0.05, 0) is 73.3 Å². The first kappa shape index (κ1) is 18.1. The number of pyridine rings is 1. The fourth-order valence-electron chi connectivity index (χ4n) is 3.26. The summed E-state index contributed by atoms with van der Waals surface area (Å²) in [5.41, 5.74) is 3.94. The first-order valence-corrected chi connectivity index (χ1v) is 9.60. The molecule has 124 valence electrons. The molecule has 1 aliphatic rings. The van der Waals surface area contributed by atoms with Crippen LogP contribution in [0.4, 0.5) is 0 Å². The zero-order valence-corrected chi connectivity index (χ0v) is 15.6. The van der Waals surface area contributed by atoms with Gasteiger partial charge in [-0.1, -0.05) is 56.7 Å². The fraction of sp³-hybridized carbons (Fsp3) is 0.476. The van der Waals surface area contributed by atoms with Crippen molar-refractivity contribution in [2.45, 2.75) is 70.2 Å². The van der Waals surface area contributed by atoms with E-state index in [4.69, 9.17) is 4.98 Å². The molecule has 0 aromatic carbocycles. The molecular formula is C21H29NS. The Hall–Kier alpha value is -1.28. The van der Waals surface area contributed by atoms with Crippen molar-refractivity contribution in [1.82, 2.24) is 4.98 Å². The first-order chi connectivity index (χ1) is 11.1. The summed E-state index contributed by atoms with van der Waals surface area (Å²) < 4.78 is 0. The maximum absolute atomic E-state index is 4.73. The van der Waals surface area contributed by atoms with E-state index in [1.807, 2.05) is 6.08 Å². The van der Waals surface area contributed by atoms with Crippen molar-refractivity contribution in [2.75, 3.05) is 0 Å². The molecule has 0 N–H and O–H groups in total. The number of aromatic nitrogens is 1. The van der Waals surface area contributed by atoms with Gasteiger partial charge in [-0.15, -0.1) is 0 Å². The molecule has 1 aromatic rings. The molecule has 0 saturated heterocycles. The summed E-state index contributed by atoms with van der Waals surface area (Å²) in [6.45, 7) is 10.3. The van der Waals surface area contributed by atoms with E-state index in [0.717, 1.165) is 23.1 Å². The van der Waals surface area contributed by atoms with Crippen LogP contribution in [0.25, 0.3) is 0 Å². The van der Waals surface area contributed by atoms with Gasteiger partial charge in [0.15, 0.2) is 0 Å². The summed E-state index contributed by atoms with van der Waals surface area (Å²) in [4.78, 5) is 6.02. The average molecular weight is 328 g/mol. The van der Waals surface area contributed by atoms with Crippen LogP contribution in [-0.4, -0.2) is 4.98 Å². The SMILES string of the molecule is C=C/C=C(\C=C(/C)Sc1cc(C2CCCCC2)cc(C)n1)CC. The van der Waals surface area contributed by atoms with Crippen molar-refractivity contribution in [3.05, 3.63) is 58.7 Å². The zero-order valence-electron chi connectivity index (χ0n) is 14.8. The lowest BCUT2D eigenvalue weighted by atomic mass is 9.84. The molecule has 0 radical (unpaired) electrons. The minimum Gasteiger partial charge on any atom is -0.246 e. The molecule has 1 fully saturated rings. The molecule has 0 atom stereocenters. The summed E-state index contributed by atoms with van der Waals surface area (Å²) in [6.07, 6.45) is 14.0. The van der Waals surface area contributed by atoms with Crippen LogP contribution in [0.1, 0.15) is 69.5 Å². The third-order valence-corrected chi connectivity index (χ3v) is 5.28. The Labute approximate surface area is 146 Å². The van der Waals surface area contributed by atoms with Crippen LogP contribution < -0.4 is 0 Å². The van der Waals surface area contributed by atoms with Gasteiger partial charge in [0, 0.05) is 5.69 Å². The summed E-state index contributed by atoms with van der Waals surface area (Å²) in [6, 6.07) is 4.60. The average Bonchev–Trinajstić information content (AvgIpc) is 2.54. The van der Waals surface area contributed by atoms with Crippen LogP contribution in [-0.2, 0) is 0 Å². The highest BCUT2D eigenvalue weighted by Gasteiger charge is 2.16. The van der Waals surface area contributed by atoms with E-state index >= 15 is 0 Å². The Morgan fingerprint density at radius 2 is 2.04 bits per heavy atom. The summed E-state index contributed by atoms with van der Waals surface area (Å²) in [7, 11) is 0. The molecule has 1 aromatic heterocycles. The highest BCUT2D eigenvalue weighted by molar-refractivity contribution is 8.03. The normalized spacial score (nSPS) is 17.3. The maximum Gasteiger partial charge on any atom is 0.101 e. The smallest absolute Gasteiger partial charge is 0.101 e. The Bertz CT molecular complexity index is 592. The highest BCUT2D eigenvalue weighted by atomic mass is 32.2. The molecule has 2 rings (SSSR count). The van der Waals surface area contributed by atoms with Crippen LogP contribution in [0.5, 0.6) is 0 Å². The van der Waals surface area contributed by atoms with Crippen molar-refractivity contribution < 1.29 is 0 Å². The van der Waals surface area contributed by atoms with Gasteiger partial charge >= 0.3 is 0 Å². The topological polar surface area (TPSA) is 12.9 Å². The quantitative estimate of drug-likeness (QED) is 0.414. The Morgan fingerprint density at radius 3 is 2.70 bits per heavy atom. The lowest BCUT2D eigenvalue weighted by Crippen LogP contribution is -2.05. The number of thioether (sulfide) groups is 1. The van der Waals surface area contributed by atoms with Gasteiger partial charge in [-0.2, -0.15) is 0 Å². The van der Waals surface area contributed by atoms with E-state index < -0.39 is 0 Å². The van der Waals surface area contributed by atoms with Gasteiger partial charge in [-0.25, -0.2) is 4.98 Å². The van der Waals surface area contributed by atoms with Crippen LogP contribution in [0.15, 0.2) is 52.4 Å². The van der Waals surface area contributed by atoms with Gasteiger partial charge in [0.1, 0.15) is 5.03 Å². The van der Waals surface area contributed by atoms with Crippen LogP contribution in [0.3, 0.4) is 0 Å². The van der Waals surface area contributed by atoms with Gasteiger partial charge < -0.3 is 0 Å². The number of hydrogen-bond acceptors (Lipinski definition) is 2. The minimum atomic E-state index is 0.737. The molecular weight excluding hydrogens is 298 g/mol. The predicted octanol–water partition coefficient (Wildman–Crippen LogP) is 6.96. The zero-order chi connectivity index (χ0) is 16.7. The maximum atomic E-state index is 4.73. The fourth-order valence-corrected chi connectivity index (χ4v) is 4.19. The molecule has 1 aliphatic carbocycles. The molecule has 1 nitrogen and oxygen atoms in total. The van der Waals surface area contributed by atoms with Gasteiger partial charge in [0.05, 0.1) is 0 Å². The minimum absolute atomic E-state index is 0.737. The van der Waals surface area contributed by atoms with Crippen molar-refractivity contribution in [1.29, 1.82) is 0 Å². The highest BCUT2D eigenvalue weighted by Crippen LogP contribution is 2.35. The Morgan fingerprint density at radius 1 is 1.30 bits per heavy atom. The standard InChI is InChI=1S/C21H29NS/c1-5-10-18(6-2)14-17(4)23-21-15-20(13-16(3)22-21)19-11-8-7-9-12-19/h5,10,13-15,19H,1,6-9,11-12H2,2-4H3/b17-14+,18-10-. The lowest BCUT2D eigenvalue weighted by Gasteiger charge is -2.22. The third kappa shape index (κ3) is 5.69. The van der Waals surface area contributed by atoms with E-state index in [1.54, 1.807) is 11.8 Å². The molecule has 23 heavy (non-hydrogen) atoms. The van der Waals surface area contributed by atoms with Gasteiger partial charge in [0.2, 0.25) is 0 Å². The number of aryl methyl sites for hydroxylation is 1. The first-order valence-electron chi connectivity index (χ1n) is 8.78. The summed E-state index contributed by atoms with van der Waals surface area (Å²) >= 11 is 1.78. The monoisotopic (exact) mass is 327 g/mol. The van der Waals surface area contributed by atoms with E-state index in [0.29, 0.717) is 0 Å². The van der Waals surface area contributed by atoms with Crippen LogP contribution >= 0.6 is 11.8 Å². The summed E-state index contributed by atoms with van der Waals surface area (Å²) in [5.74, 6) is 0.737. The van der Waals surface area contributed by atoms with E-state index in [9.17, 15) is 0 Å². The second-order valence-corrected chi connectivity index (χ2v) is 7.67. The Kier molecular flexibility index (Phi) is 7.16. The molecule has 0 amide bonds. The number of hydrogen-bond donors (Lipinski definition) is 0. The predicted molar refractivity (Wildman–Crippen MR) is 103 cm³/mol. The lowest BCUT2D eigenvalue weighted by molar-refractivity contribution is 0.442. The number of rotatable bonds is 6. The molecule has 1 heterocycles. The van der Waals surface area contributed by atoms with Crippen LogP contribution in [0, 0.1) is 6.92 Å². The van der Waals surface area contributed by atoms with Crippen molar-refractivity contribution in [3.63, 3.8) is 0 Å². The van der Waals surface area contributed by atoms with Crippen molar-refractivity contribution in [3.8, 4) is 0 Å². The Balaban J connectivity index is 2.16. The molecule has 2 heteroatoms. The van der Waals surface area contributed by atoms with Crippen molar-refractivity contribution >= 4 is 11.8 Å². The second-order valence-electron chi connectivity index (χ2n) is 6.40. The van der Waals surface area contributed by atoms with Crippen LogP contribution in [0.2, 0.25) is 0 Å². The molecule has 1 saturated carbocycles. The van der Waals surface area contributed by atoms with E-state index in [-0.39, 0.29) is 0 Å². The molecule has 0 aliphatic heterocycles. The number of nitrogens with zero attached hydrogens (tertiary/aromatic N) is 1. The molecule has 0 bridgehead atoms. The number of allylic oxidation sites excluding steroid dienone is 5. The van der Waals surface area contributed by atoms with Gasteiger partial charge in [0.25, 0.3) is 0 Å².